The van der Waals surface area contributed by atoms with Crippen molar-refractivity contribution >= 4 is 22.7 Å². The second-order valence-electron chi connectivity index (χ2n) is 6.37. The smallest absolute Gasteiger partial charge is 0.330 e. The molecule has 0 bridgehead atoms. The summed E-state index contributed by atoms with van der Waals surface area (Å²) < 4.78 is 4.71. The van der Waals surface area contributed by atoms with Crippen molar-refractivity contribution in [3.63, 3.8) is 0 Å². The first kappa shape index (κ1) is 17.4. The summed E-state index contributed by atoms with van der Waals surface area (Å²) in [6, 6.07) is 8.25. The van der Waals surface area contributed by atoms with Gasteiger partial charge in [-0.25, -0.2) is 4.79 Å². The van der Waals surface area contributed by atoms with Crippen molar-refractivity contribution in [1.29, 1.82) is 0 Å². The van der Waals surface area contributed by atoms with Gasteiger partial charge in [-0.3, -0.25) is 9.69 Å². The topological polar surface area (TPSA) is 62.4 Å². The van der Waals surface area contributed by atoms with Crippen LogP contribution in [0.3, 0.4) is 0 Å². The number of rotatable bonds is 5. The molecule has 132 valence electrons. The molecule has 2 heterocycles. The lowest BCUT2D eigenvalue weighted by atomic mass is 9.91. The molecule has 0 spiro atoms. The van der Waals surface area contributed by atoms with E-state index in [2.05, 4.69) is 28.2 Å². The van der Waals surface area contributed by atoms with E-state index in [0.29, 0.717) is 12.0 Å². The third-order valence-corrected chi connectivity index (χ3v) is 4.95. The largest absolute Gasteiger partial charge is 0.466 e. The van der Waals surface area contributed by atoms with Gasteiger partial charge in [0.2, 0.25) is 0 Å². The van der Waals surface area contributed by atoms with Crippen LogP contribution in [0.2, 0.25) is 0 Å². The molecule has 25 heavy (non-hydrogen) atoms. The fourth-order valence-corrected chi connectivity index (χ4v) is 3.64. The zero-order chi connectivity index (χ0) is 17.8. The summed E-state index contributed by atoms with van der Waals surface area (Å²) in [5.74, 6) is -0.402. The first-order valence-electron chi connectivity index (χ1n) is 8.75. The van der Waals surface area contributed by atoms with Crippen molar-refractivity contribution in [2.24, 2.45) is 0 Å². The average molecular weight is 340 g/mol. The van der Waals surface area contributed by atoms with Crippen LogP contribution < -0.4 is 0 Å². The second kappa shape index (κ2) is 7.66. The van der Waals surface area contributed by atoms with Gasteiger partial charge in [0.25, 0.3) is 0 Å². The van der Waals surface area contributed by atoms with Gasteiger partial charge in [0.15, 0.2) is 5.78 Å². The minimum absolute atomic E-state index is 0.0226. The Balaban J connectivity index is 1.76. The Kier molecular flexibility index (Phi) is 5.34. The number of hydrogen-bond acceptors (Lipinski definition) is 4. The fraction of sp³-hybridized carbons (Fsp3) is 0.400. The fourth-order valence-electron chi connectivity index (χ4n) is 3.64. The zero-order valence-electron chi connectivity index (χ0n) is 14.7. The number of Topliss-reactive ketones (excluding diaryl/α,β-unsaturated/α-hetero) is 1. The lowest BCUT2D eigenvalue weighted by molar-refractivity contribution is -0.135. The number of ketones is 1. The van der Waals surface area contributed by atoms with Crippen LogP contribution in [0.15, 0.2) is 42.1 Å². The highest BCUT2D eigenvalue weighted by atomic mass is 16.5. The number of para-hydroxylation sites is 1. The van der Waals surface area contributed by atoms with Crippen LogP contribution in [0, 0.1) is 0 Å². The standard InChI is InChI=1S/C20H24N2O3/c1-3-18-16(12-20(24)25-2)19(23)9-11-22(18)10-8-14-13-21-17-7-5-4-6-15(14)17/h4-7,12-13,18,21H,3,8-11H2,1-2H3/b16-12+. The molecule has 3 rings (SSSR count). The van der Waals surface area contributed by atoms with Gasteiger partial charge in [-0.15, -0.1) is 0 Å². The predicted molar refractivity (Wildman–Crippen MR) is 97.4 cm³/mol. The van der Waals surface area contributed by atoms with Gasteiger partial charge in [-0.1, -0.05) is 25.1 Å². The van der Waals surface area contributed by atoms with Crippen LogP contribution in [0.5, 0.6) is 0 Å². The van der Waals surface area contributed by atoms with E-state index in [9.17, 15) is 9.59 Å². The van der Waals surface area contributed by atoms with Crippen molar-refractivity contribution in [2.75, 3.05) is 20.2 Å². The van der Waals surface area contributed by atoms with Crippen LogP contribution in [0.25, 0.3) is 10.9 Å². The average Bonchev–Trinajstić information content (AvgIpc) is 3.05. The Morgan fingerprint density at radius 2 is 2.20 bits per heavy atom. The summed E-state index contributed by atoms with van der Waals surface area (Å²) in [5.41, 5.74) is 3.00. The Hall–Kier alpha value is -2.40. The number of nitrogens with zero attached hydrogens (tertiary/aromatic N) is 1. The summed E-state index contributed by atoms with van der Waals surface area (Å²) in [4.78, 5) is 29.5. The van der Waals surface area contributed by atoms with Gasteiger partial charge >= 0.3 is 5.97 Å². The van der Waals surface area contributed by atoms with Crippen molar-refractivity contribution in [1.82, 2.24) is 9.88 Å². The van der Waals surface area contributed by atoms with E-state index in [1.165, 1.54) is 24.1 Å². The molecular weight excluding hydrogens is 316 g/mol. The second-order valence-corrected chi connectivity index (χ2v) is 6.37. The first-order valence-corrected chi connectivity index (χ1v) is 8.75. The van der Waals surface area contributed by atoms with Crippen LogP contribution in [-0.4, -0.2) is 47.9 Å². The summed E-state index contributed by atoms with van der Waals surface area (Å²) >= 11 is 0. The molecule has 1 atom stereocenters. The number of fused-ring (bicyclic) bond motifs is 1. The van der Waals surface area contributed by atoms with E-state index in [4.69, 9.17) is 4.74 Å². The van der Waals surface area contributed by atoms with Gasteiger partial charge in [0.05, 0.1) is 7.11 Å². The van der Waals surface area contributed by atoms with Gasteiger partial charge in [-0.05, 0) is 24.5 Å². The molecule has 0 radical (unpaired) electrons. The number of piperidine rings is 1. The molecule has 0 saturated carbocycles. The summed E-state index contributed by atoms with van der Waals surface area (Å²) in [7, 11) is 1.34. The molecule has 5 heteroatoms. The number of ether oxygens (including phenoxy) is 1. The quantitative estimate of drug-likeness (QED) is 0.671. The van der Waals surface area contributed by atoms with E-state index in [1.54, 1.807) is 0 Å². The predicted octanol–water partition coefficient (Wildman–Crippen LogP) is 2.86. The molecule has 1 unspecified atom stereocenters. The maximum Gasteiger partial charge on any atom is 0.330 e. The first-order chi connectivity index (χ1) is 12.1. The number of likely N-dealkylation sites (tertiary alicyclic amines) is 1. The normalized spacial score (nSPS) is 20.3. The molecule has 1 fully saturated rings. The maximum atomic E-state index is 12.3. The lowest BCUT2D eigenvalue weighted by Gasteiger charge is -2.36. The number of carbonyl (C=O) groups is 2. The van der Waals surface area contributed by atoms with Crippen LogP contribution >= 0.6 is 0 Å². The van der Waals surface area contributed by atoms with Crippen LogP contribution in [0.1, 0.15) is 25.3 Å². The van der Waals surface area contributed by atoms with Crippen LogP contribution in [-0.2, 0) is 20.7 Å². The highest BCUT2D eigenvalue weighted by molar-refractivity contribution is 6.02. The molecule has 1 aliphatic heterocycles. The number of hydrogen-bond donors (Lipinski definition) is 1. The Morgan fingerprint density at radius 1 is 1.40 bits per heavy atom. The Bertz CT molecular complexity index is 806. The number of benzene rings is 1. The molecule has 0 aliphatic carbocycles. The molecule has 1 aromatic heterocycles. The molecule has 1 aromatic carbocycles. The molecule has 2 aromatic rings. The number of aromatic nitrogens is 1. The number of H-pyrrole nitrogens is 1. The van der Waals surface area contributed by atoms with Crippen molar-refractivity contribution in [2.45, 2.75) is 32.2 Å². The molecule has 1 saturated heterocycles. The monoisotopic (exact) mass is 340 g/mol. The van der Waals surface area contributed by atoms with E-state index < -0.39 is 5.97 Å². The summed E-state index contributed by atoms with van der Waals surface area (Å²) in [6.07, 6.45) is 5.58. The Morgan fingerprint density at radius 3 is 2.96 bits per heavy atom. The van der Waals surface area contributed by atoms with Gasteiger partial charge in [0.1, 0.15) is 0 Å². The number of carbonyl (C=O) groups excluding carboxylic acids is 2. The van der Waals surface area contributed by atoms with E-state index in [0.717, 1.165) is 31.4 Å². The highest BCUT2D eigenvalue weighted by Crippen LogP contribution is 2.24. The van der Waals surface area contributed by atoms with Crippen molar-refractivity contribution in [3.8, 4) is 0 Å². The molecule has 5 nitrogen and oxygen atoms in total. The van der Waals surface area contributed by atoms with Crippen LogP contribution in [0.4, 0.5) is 0 Å². The van der Waals surface area contributed by atoms with Gasteiger partial charge in [0, 0.05) is 54.3 Å². The number of esters is 1. The molecular formula is C20H24N2O3. The zero-order valence-corrected chi connectivity index (χ0v) is 14.7. The van der Waals surface area contributed by atoms with E-state index in [1.807, 2.05) is 19.1 Å². The molecule has 1 aliphatic rings. The third kappa shape index (κ3) is 3.66. The van der Waals surface area contributed by atoms with E-state index >= 15 is 0 Å². The third-order valence-electron chi connectivity index (χ3n) is 4.95. The number of aromatic amines is 1. The lowest BCUT2D eigenvalue weighted by Crippen LogP contribution is -2.45. The molecule has 0 amide bonds. The number of methoxy groups -OCH3 is 1. The number of nitrogens with one attached hydrogen (secondary N) is 1. The highest BCUT2D eigenvalue weighted by Gasteiger charge is 2.31. The van der Waals surface area contributed by atoms with Gasteiger partial charge in [-0.2, -0.15) is 0 Å². The molecule has 1 N–H and O–H groups in total. The van der Waals surface area contributed by atoms with Crippen molar-refractivity contribution in [3.05, 3.63) is 47.7 Å². The SMILES string of the molecule is CCC1/C(=C\C(=O)OC)C(=O)CCN1CCc1c[nH]c2ccccc12. The van der Waals surface area contributed by atoms with Crippen molar-refractivity contribution < 1.29 is 14.3 Å². The van der Waals surface area contributed by atoms with E-state index in [-0.39, 0.29) is 11.8 Å². The minimum Gasteiger partial charge on any atom is -0.466 e. The summed E-state index contributed by atoms with van der Waals surface area (Å²) in [5, 5.41) is 1.24. The maximum absolute atomic E-state index is 12.3. The summed E-state index contributed by atoms with van der Waals surface area (Å²) in [6.45, 7) is 3.64. The minimum atomic E-state index is -0.458. The van der Waals surface area contributed by atoms with Gasteiger partial charge < -0.3 is 9.72 Å². The Labute approximate surface area is 147 Å².